The van der Waals surface area contributed by atoms with Crippen LogP contribution in [0.25, 0.3) is 4.91 Å². The molecule has 124 valence electrons. The van der Waals surface area contributed by atoms with Gasteiger partial charge < -0.3 is 0 Å². The normalized spacial score (nSPS) is 11.3. The fourth-order valence-corrected chi connectivity index (χ4v) is 3.47. The molecule has 0 saturated heterocycles. The van der Waals surface area contributed by atoms with Crippen LogP contribution in [0.3, 0.4) is 0 Å². The number of hydrogen-bond acceptors (Lipinski definition) is 2. The van der Waals surface area contributed by atoms with E-state index in [9.17, 15) is 4.79 Å². The van der Waals surface area contributed by atoms with Gasteiger partial charge in [0.2, 0.25) is 0 Å². The van der Waals surface area contributed by atoms with Gasteiger partial charge in [0.05, 0.1) is 0 Å². The third-order valence-corrected chi connectivity index (χ3v) is 5.04. The van der Waals surface area contributed by atoms with Crippen molar-refractivity contribution in [2.24, 2.45) is 0 Å². The predicted molar refractivity (Wildman–Crippen MR) is 108 cm³/mol. The topological polar surface area (TPSA) is 17.1 Å². The highest BCUT2D eigenvalue weighted by molar-refractivity contribution is 8.07. The van der Waals surface area contributed by atoms with E-state index in [2.05, 4.69) is 12.1 Å². The molecule has 3 rings (SSSR count). The fraction of sp³-hybridized carbons (Fsp3) is 0.0870. The van der Waals surface area contributed by atoms with Crippen LogP contribution in [0.4, 0.5) is 0 Å². The van der Waals surface area contributed by atoms with Crippen LogP contribution in [0, 0.1) is 6.92 Å². The first-order valence-corrected chi connectivity index (χ1v) is 9.26. The minimum atomic E-state index is 0.0411. The zero-order valence-corrected chi connectivity index (χ0v) is 15.0. The molecule has 1 nitrogen and oxygen atoms in total. The standard InChI is InChI=1S/C23H20OS/c1-18-12-14-20(15-13-18)22(24)16-23(21-10-6-3-7-11-21)25-17-19-8-4-2-5-9-19/h2-16H,17H2,1H3/b23-16+. The molecule has 0 unspecified atom stereocenters. The van der Waals surface area contributed by atoms with Crippen molar-refractivity contribution in [2.45, 2.75) is 12.7 Å². The number of ketones is 1. The summed E-state index contributed by atoms with van der Waals surface area (Å²) in [5.41, 5.74) is 4.20. The number of carbonyl (C=O) groups excluding carboxylic acids is 1. The summed E-state index contributed by atoms with van der Waals surface area (Å²) >= 11 is 1.69. The van der Waals surface area contributed by atoms with E-state index in [0.717, 1.165) is 27.3 Å². The van der Waals surface area contributed by atoms with Crippen LogP contribution in [0.2, 0.25) is 0 Å². The lowest BCUT2D eigenvalue weighted by Crippen LogP contribution is -1.96. The Kier molecular flexibility index (Phi) is 5.86. The number of benzene rings is 3. The van der Waals surface area contributed by atoms with Gasteiger partial charge in [-0.15, -0.1) is 11.8 Å². The van der Waals surface area contributed by atoms with Crippen molar-refractivity contribution >= 4 is 22.5 Å². The zero-order valence-electron chi connectivity index (χ0n) is 14.2. The highest BCUT2D eigenvalue weighted by atomic mass is 32.2. The molecule has 0 bridgehead atoms. The van der Waals surface area contributed by atoms with E-state index in [1.54, 1.807) is 17.8 Å². The Labute approximate surface area is 153 Å². The van der Waals surface area contributed by atoms with Gasteiger partial charge in [0.25, 0.3) is 0 Å². The monoisotopic (exact) mass is 344 g/mol. The maximum Gasteiger partial charge on any atom is 0.186 e. The summed E-state index contributed by atoms with van der Waals surface area (Å²) < 4.78 is 0. The Hall–Kier alpha value is -2.58. The van der Waals surface area contributed by atoms with Gasteiger partial charge in [-0.1, -0.05) is 90.5 Å². The summed E-state index contributed by atoms with van der Waals surface area (Å²) in [7, 11) is 0. The van der Waals surface area contributed by atoms with Gasteiger partial charge in [-0.2, -0.15) is 0 Å². The molecular weight excluding hydrogens is 324 g/mol. The fourth-order valence-electron chi connectivity index (χ4n) is 2.47. The van der Waals surface area contributed by atoms with Crippen molar-refractivity contribution in [2.75, 3.05) is 0 Å². The summed E-state index contributed by atoms with van der Waals surface area (Å²) in [4.78, 5) is 13.7. The molecule has 0 spiro atoms. The molecule has 0 fully saturated rings. The van der Waals surface area contributed by atoms with E-state index in [1.807, 2.05) is 79.7 Å². The van der Waals surface area contributed by atoms with E-state index in [-0.39, 0.29) is 5.78 Å². The van der Waals surface area contributed by atoms with Crippen LogP contribution >= 0.6 is 11.8 Å². The molecule has 0 atom stereocenters. The summed E-state index contributed by atoms with van der Waals surface area (Å²) in [6, 6.07) is 28.1. The molecule has 25 heavy (non-hydrogen) atoms. The molecule has 0 saturated carbocycles. The van der Waals surface area contributed by atoms with Crippen molar-refractivity contribution < 1.29 is 4.79 Å². The molecule has 0 aliphatic heterocycles. The Morgan fingerprint density at radius 3 is 2.04 bits per heavy atom. The molecule has 0 N–H and O–H groups in total. The number of carbonyl (C=O) groups is 1. The third kappa shape index (κ3) is 4.94. The molecule has 2 heteroatoms. The number of hydrogen-bond donors (Lipinski definition) is 0. The molecule has 3 aromatic rings. The minimum Gasteiger partial charge on any atom is -0.289 e. The molecule has 0 amide bonds. The van der Waals surface area contributed by atoms with Gasteiger partial charge in [-0.25, -0.2) is 0 Å². The van der Waals surface area contributed by atoms with Crippen LogP contribution < -0.4 is 0 Å². The van der Waals surface area contributed by atoms with E-state index in [0.29, 0.717) is 0 Å². The molecule has 0 aromatic heterocycles. The highest BCUT2D eigenvalue weighted by Crippen LogP contribution is 2.31. The Balaban J connectivity index is 1.85. The Morgan fingerprint density at radius 1 is 0.800 bits per heavy atom. The zero-order chi connectivity index (χ0) is 17.5. The molecule has 0 radical (unpaired) electrons. The van der Waals surface area contributed by atoms with E-state index < -0.39 is 0 Å². The Bertz CT molecular complexity index is 850. The lowest BCUT2D eigenvalue weighted by atomic mass is 10.1. The van der Waals surface area contributed by atoms with Crippen molar-refractivity contribution in [3.05, 3.63) is 113 Å². The smallest absolute Gasteiger partial charge is 0.186 e. The largest absolute Gasteiger partial charge is 0.289 e. The first-order chi connectivity index (χ1) is 12.2. The van der Waals surface area contributed by atoms with Crippen LogP contribution in [-0.2, 0) is 5.75 Å². The number of aryl methyl sites for hydroxylation is 1. The van der Waals surface area contributed by atoms with E-state index >= 15 is 0 Å². The van der Waals surface area contributed by atoms with Gasteiger partial charge in [-0.05, 0) is 18.1 Å². The average molecular weight is 344 g/mol. The second-order valence-corrected chi connectivity index (χ2v) is 6.90. The molecular formula is C23H20OS. The summed E-state index contributed by atoms with van der Waals surface area (Å²) in [5, 5.41) is 0. The van der Waals surface area contributed by atoms with Gasteiger partial charge in [0.1, 0.15) is 0 Å². The van der Waals surface area contributed by atoms with Crippen molar-refractivity contribution in [1.82, 2.24) is 0 Å². The summed E-state index contributed by atoms with van der Waals surface area (Å²) in [6.45, 7) is 2.02. The van der Waals surface area contributed by atoms with Crippen molar-refractivity contribution in [1.29, 1.82) is 0 Å². The van der Waals surface area contributed by atoms with Gasteiger partial charge in [0, 0.05) is 22.3 Å². The number of allylic oxidation sites excluding steroid dienone is 1. The lowest BCUT2D eigenvalue weighted by molar-refractivity contribution is 0.104. The van der Waals surface area contributed by atoms with Crippen LogP contribution in [0.5, 0.6) is 0 Å². The highest BCUT2D eigenvalue weighted by Gasteiger charge is 2.08. The molecule has 3 aromatic carbocycles. The number of rotatable bonds is 6. The second-order valence-electron chi connectivity index (χ2n) is 5.88. The van der Waals surface area contributed by atoms with E-state index in [4.69, 9.17) is 0 Å². The first-order valence-electron chi connectivity index (χ1n) is 8.27. The molecule has 0 heterocycles. The quantitative estimate of drug-likeness (QED) is 0.394. The second kappa shape index (κ2) is 8.50. The lowest BCUT2D eigenvalue weighted by Gasteiger charge is -2.08. The van der Waals surface area contributed by atoms with Crippen LogP contribution in [0.1, 0.15) is 27.0 Å². The van der Waals surface area contributed by atoms with Gasteiger partial charge in [0.15, 0.2) is 5.78 Å². The summed E-state index contributed by atoms with van der Waals surface area (Å²) in [5.74, 6) is 0.877. The average Bonchev–Trinajstić information content (AvgIpc) is 2.67. The van der Waals surface area contributed by atoms with Gasteiger partial charge >= 0.3 is 0 Å². The van der Waals surface area contributed by atoms with Crippen LogP contribution in [-0.4, -0.2) is 5.78 Å². The van der Waals surface area contributed by atoms with Crippen LogP contribution in [0.15, 0.2) is 91.0 Å². The van der Waals surface area contributed by atoms with Gasteiger partial charge in [-0.3, -0.25) is 4.79 Å². The first kappa shape index (κ1) is 17.2. The maximum atomic E-state index is 12.7. The van der Waals surface area contributed by atoms with E-state index in [1.165, 1.54) is 5.56 Å². The SMILES string of the molecule is Cc1ccc(C(=O)/C=C(/SCc2ccccc2)c2ccccc2)cc1. The Morgan fingerprint density at radius 2 is 1.40 bits per heavy atom. The maximum absolute atomic E-state index is 12.7. The molecule has 0 aliphatic rings. The minimum absolute atomic E-state index is 0.0411. The number of thioether (sulfide) groups is 1. The van der Waals surface area contributed by atoms with Crippen molar-refractivity contribution in [3.63, 3.8) is 0 Å². The van der Waals surface area contributed by atoms with Crippen molar-refractivity contribution in [3.8, 4) is 0 Å². The summed E-state index contributed by atoms with van der Waals surface area (Å²) in [6.07, 6.45) is 1.76. The third-order valence-electron chi connectivity index (χ3n) is 3.89. The molecule has 0 aliphatic carbocycles. The predicted octanol–water partition coefficient (Wildman–Crippen LogP) is 6.15.